The number of nitrogens with zero attached hydrogens (tertiary/aromatic N) is 1. The molecule has 0 amide bonds. The highest BCUT2D eigenvalue weighted by Crippen LogP contribution is 2.21. The summed E-state index contributed by atoms with van der Waals surface area (Å²) in [5, 5.41) is 11.7. The molecule has 0 fully saturated rings. The first-order valence-electron chi connectivity index (χ1n) is 5.02. The summed E-state index contributed by atoms with van der Waals surface area (Å²) >= 11 is 5.85. The lowest BCUT2D eigenvalue weighted by Crippen LogP contribution is -2.25. The smallest absolute Gasteiger partial charge is 0.337 e. The summed E-state index contributed by atoms with van der Waals surface area (Å²) in [6.45, 7) is 1.67. The predicted octanol–water partition coefficient (Wildman–Crippen LogP) is 1.28. The molecule has 0 aliphatic heterocycles. The van der Waals surface area contributed by atoms with Gasteiger partial charge < -0.3 is 10.4 Å². The van der Waals surface area contributed by atoms with E-state index in [2.05, 4.69) is 10.3 Å². The number of nitrogens with one attached hydrogen (secondary N) is 1. The van der Waals surface area contributed by atoms with E-state index in [0.717, 1.165) is 12.5 Å². The van der Waals surface area contributed by atoms with Crippen molar-refractivity contribution in [3.05, 3.63) is 22.8 Å². The Morgan fingerprint density at radius 2 is 2.22 bits per heavy atom. The van der Waals surface area contributed by atoms with Gasteiger partial charge in [0.1, 0.15) is 15.7 Å². The van der Waals surface area contributed by atoms with Crippen molar-refractivity contribution < 1.29 is 18.3 Å². The Hall–Kier alpha value is -1.34. The summed E-state index contributed by atoms with van der Waals surface area (Å²) in [7, 11) is -3.11. The van der Waals surface area contributed by atoms with Gasteiger partial charge in [-0.15, -0.1) is 0 Å². The van der Waals surface area contributed by atoms with Crippen LogP contribution in [0.5, 0.6) is 0 Å². The van der Waals surface area contributed by atoms with Crippen LogP contribution in [0, 0.1) is 0 Å². The van der Waals surface area contributed by atoms with Gasteiger partial charge in [-0.1, -0.05) is 11.6 Å². The number of hydrogen-bond donors (Lipinski definition) is 2. The van der Waals surface area contributed by atoms with Crippen LogP contribution in [-0.2, 0) is 9.84 Å². The zero-order chi connectivity index (χ0) is 13.9. The number of carbonyl (C=O) groups is 1. The first-order chi connectivity index (χ1) is 8.19. The second kappa shape index (κ2) is 5.53. The Balaban J connectivity index is 2.83. The topological polar surface area (TPSA) is 96.4 Å². The number of halogens is 1. The summed E-state index contributed by atoms with van der Waals surface area (Å²) in [6, 6.07) is 0.882. The SMILES string of the molecule is CC(CS(C)(=O)=O)Nc1ncc(C(=O)O)cc1Cl. The molecule has 1 aromatic heterocycles. The van der Waals surface area contributed by atoms with Crippen LogP contribution >= 0.6 is 11.6 Å². The van der Waals surface area contributed by atoms with Crippen LogP contribution < -0.4 is 5.32 Å². The van der Waals surface area contributed by atoms with Crippen LogP contribution in [0.2, 0.25) is 5.02 Å². The molecule has 0 aromatic carbocycles. The van der Waals surface area contributed by atoms with Gasteiger partial charge in [-0.05, 0) is 13.0 Å². The Morgan fingerprint density at radius 1 is 1.61 bits per heavy atom. The van der Waals surface area contributed by atoms with Crippen molar-refractivity contribution in [3.63, 3.8) is 0 Å². The van der Waals surface area contributed by atoms with E-state index in [1.54, 1.807) is 6.92 Å². The lowest BCUT2D eigenvalue weighted by atomic mass is 10.3. The average Bonchev–Trinajstić information content (AvgIpc) is 2.17. The lowest BCUT2D eigenvalue weighted by molar-refractivity contribution is 0.0696. The van der Waals surface area contributed by atoms with Crippen LogP contribution in [0.25, 0.3) is 0 Å². The van der Waals surface area contributed by atoms with Crippen molar-refractivity contribution in [1.29, 1.82) is 0 Å². The fourth-order valence-corrected chi connectivity index (χ4v) is 2.60. The van der Waals surface area contributed by atoms with Crippen molar-refractivity contribution in [1.82, 2.24) is 4.98 Å². The zero-order valence-corrected chi connectivity index (χ0v) is 11.4. The van der Waals surface area contributed by atoms with E-state index in [4.69, 9.17) is 16.7 Å². The van der Waals surface area contributed by atoms with Crippen LogP contribution in [0.1, 0.15) is 17.3 Å². The number of sulfone groups is 1. The van der Waals surface area contributed by atoms with Crippen molar-refractivity contribution in [2.24, 2.45) is 0 Å². The molecular weight excluding hydrogens is 280 g/mol. The van der Waals surface area contributed by atoms with E-state index in [9.17, 15) is 13.2 Å². The molecule has 1 aromatic rings. The minimum atomic E-state index is -3.11. The maximum absolute atomic E-state index is 11.1. The highest BCUT2D eigenvalue weighted by molar-refractivity contribution is 7.90. The summed E-state index contributed by atoms with van der Waals surface area (Å²) < 4.78 is 22.2. The number of pyridine rings is 1. The molecule has 6 nitrogen and oxygen atoms in total. The fraction of sp³-hybridized carbons (Fsp3) is 0.400. The maximum Gasteiger partial charge on any atom is 0.337 e. The summed E-state index contributed by atoms with van der Waals surface area (Å²) in [5.74, 6) is -0.927. The van der Waals surface area contributed by atoms with Gasteiger partial charge in [-0.2, -0.15) is 0 Å². The molecule has 2 N–H and O–H groups in total. The molecule has 0 radical (unpaired) electrons. The third-order valence-electron chi connectivity index (χ3n) is 2.02. The van der Waals surface area contributed by atoms with Crippen molar-refractivity contribution >= 4 is 33.2 Å². The van der Waals surface area contributed by atoms with E-state index in [0.29, 0.717) is 0 Å². The third-order valence-corrected chi connectivity index (χ3v) is 3.42. The van der Waals surface area contributed by atoms with Gasteiger partial charge in [0, 0.05) is 18.5 Å². The van der Waals surface area contributed by atoms with Crippen LogP contribution in [0.4, 0.5) is 5.82 Å². The van der Waals surface area contributed by atoms with Crippen LogP contribution in [0.3, 0.4) is 0 Å². The first kappa shape index (κ1) is 14.7. The Morgan fingerprint density at radius 3 is 2.67 bits per heavy atom. The minimum absolute atomic E-state index is 0.0266. The maximum atomic E-state index is 11.1. The summed E-state index contributed by atoms with van der Waals surface area (Å²) in [6.07, 6.45) is 2.29. The molecule has 0 spiro atoms. The average molecular weight is 293 g/mol. The summed E-state index contributed by atoms with van der Waals surface area (Å²) in [5.41, 5.74) is -0.0266. The zero-order valence-electron chi connectivity index (χ0n) is 9.84. The molecule has 1 rings (SSSR count). The molecule has 100 valence electrons. The quantitative estimate of drug-likeness (QED) is 0.848. The Labute approximate surface area is 110 Å². The molecule has 0 saturated heterocycles. The van der Waals surface area contributed by atoms with Crippen LogP contribution in [0.15, 0.2) is 12.3 Å². The van der Waals surface area contributed by atoms with E-state index in [1.807, 2.05) is 0 Å². The highest BCUT2D eigenvalue weighted by Gasteiger charge is 2.14. The molecule has 8 heteroatoms. The van der Waals surface area contributed by atoms with Gasteiger partial charge in [0.15, 0.2) is 0 Å². The van der Waals surface area contributed by atoms with Gasteiger partial charge in [-0.25, -0.2) is 18.2 Å². The number of rotatable bonds is 5. The molecule has 1 unspecified atom stereocenters. The molecule has 1 atom stereocenters. The highest BCUT2D eigenvalue weighted by atomic mass is 35.5. The number of aromatic nitrogens is 1. The Kier molecular flexibility index (Phi) is 4.53. The van der Waals surface area contributed by atoms with Gasteiger partial charge in [0.2, 0.25) is 0 Å². The van der Waals surface area contributed by atoms with E-state index < -0.39 is 15.8 Å². The molecule has 0 saturated carbocycles. The number of carboxylic acid groups (broad SMARTS) is 1. The van der Waals surface area contributed by atoms with Gasteiger partial charge in [-0.3, -0.25) is 0 Å². The largest absolute Gasteiger partial charge is 0.478 e. The van der Waals surface area contributed by atoms with Gasteiger partial charge in [0.25, 0.3) is 0 Å². The molecular formula is C10H13ClN2O4S. The van der Waals surface area contributed by atoms with Gasteiger partial charge >= 0.3 is 5.97 Å². The normalized spacial score (nSPS) is 13.1. The number of aromatic carboxylic acids is 1. The fourth-order valence-electron chi connectivity index (χ4n) is 1.39. The third kappa shape index (κ3) is 4.50. The second-order valence-corrected chi connectivity index (χ2v) is 6.59. The monoisotopic (exact) mass is 292 g/mol. The van der Waals surface area contributed by atoms with Crippen molar-refractivity contribution in [2.75, 3.05) is 17.3 Å². The molecule has 18 heavy (non-hydrogen) atoms. The Bertz CT molecular complexity index is 559. The van der Waals surface area contributed by atoms with Gasteiger partial charge in [0.05, 0.1) is 16.3 Å². The van der Waals surface area contributed by atoms with E-state index in [1.165, 1.54) is 6.07 Å². The van der Waals surface area contributed by atoms with Crippen LogP contribution in [-0.4, -0.2) is 42.5 Å². The van der Waals surface area contributed by atoms with Crippen molar-refractivity contribution in [3.8, 4) is 0 Å². The predicted molar refractivity (Wildman–Crippen MR) is 69.0 cm³/mol. The number of carboxylic acids is 1. The van der Waals surface area contributed by atoms with Crippen molar-refractivity contribution in [2.45, 2.75) is 13.0 Å². The van der Waals surface area contributed by atoms with E-state index in [-0.39, 0.29) is 28.2 Å². The lowest BCUT2D eigenvalue weighted by Gasteiger charge is -2.14. The first-order valence-corrected chi connectivity index (χ1v) is 7.46. The van der Waals surface area contributed by atoms with E-state index >= 15 is 0 Å². The molecule has 0 bridgehead atoms. The molecule has 0 aliphatic rings. The standard InChI is InChI=1S/C10H13ClN2O4S/c1-6(5-18(2,16)17)13-9-8(11)3-7(4-12-9)10(14)15/h3-4,6H,5H2,1-2H3,(H,12,13)(H,14,15). The summed E-state index contributed by atoms with van der Waals surface area (Å²) in [4.78, 5) is 14.5. The number of hydrogen-bond acceptors (Lipinski definition) is 5. The second-order valence-electron chi connectivity index (χ2n) is 4.00. The minimum Gasteiger partial charge on any atom is -0.478 e. The number of anilines is 1. The molecule has 0 aliphatic carbocycles. The molecule has 1 heterocycles.